The zero-order chi connectivity index (χ0) is 15.4. The molecule has 0 fully saturated rings. The van der Waals surface area contributed by atoms with Crippen molar-refractivity contribution in [2.75, 3.05) is 11.9 Å². The average Bonchev–Trinajstić information content (AvgIpc) is 2.48. The Morgan fingerprint density at radius 1 is 1.29 bits per heavy atom. The molecule has 0 aliphatic carbocycles. The van der Waals surface area contributed by atoms with E-state index in [1.54, 1.807) is 24.4 Å². The van der Waals surface area contributed by atoms with E-state index in [0.29, 0.717) is 29.3 Å². The van der Waals surface area contributed by atoms with Crippen LogP contribution in [-0.4, -0.2) is 22.1 Å². The minimum atomic E-state index is -0.241. The van der Waals surface area contributed by atoms with E-state index in [9.17, 15) is 9.50 Å². The van der Waals surface area contributed by atoms with E-state index in [2.05, 4.69) is 9.97 Å². The standard InChI is InChI=1S/C16H20FN3O/c1-11(2)16-18-8-15(14(10-21)19-16)20(3)9-12-6-4-5-7-13(12)17/h4-8,11,21H,9-10H2,1-3H3. The summed E-state index contributed by atoms with van der Waals surface area (Å²) in [6.07, 6.45) is 1.69. The molecule has 1 aromatic carbocycles. The zero-order valence-electron chi connectivity index (χ0n) is 12.5. The molecule has 0 bridgehead atoms. The number of anilines is 1. The second kappa shape index (κ2) is 6.63. The Kier molecular flexibility index (Phi) is 4.85. The van der Waals surface area contributed by atoms with Gasteiger partial charge in [0.05, 0.1) is 24.2 Å². The van der Waals surface area contributed by atoms with Crippen LogP contribution in [0, 0.1) is 5.82 Å². The summed E-state index contributed by atoms with van der Waals surface area (Å²) in [6, 6.07) is 6.65. The Morgan fingerprint density at radius 3 is 2.62 bits per heavy atom. The van der Waals surface area contributed by atoms with Gasteiger partial charge < -0.3 is 10.0 Å². The van der Waals surface area contributed by atoms with Crippen molar-refractivity contribution in [3.8, 4) is 0 Å². The third-order valence-corrected chi connectivity index (χ3v) is 3.31. The van der Waals surface area contributed by atoms with Crippen LogP contribution in [0.4, 0.5) is 10.1 Å². The van der Waals surface area contributed by atoms with E-state index < -0.39 is 0 Å². The van der Waals surface area contributed by atoms with Gasteiger partial charge in [0, 0.05) is 25.1 Å². The number of hydrogen-bond acceptors (Lipinski definition) is 4. The lowest BCUT2D eigenvalue weighted by Crippen LogP contribution is -2.20. The highest BCUT2D eigenvalue weighted by Gasteiger charge is 2.13. The summed E-state index contributed by atoms with van der Waals surface area (Å²) in [5, 5.41) is 9.50. The van der Waals surface area contributed by atoms with Crippen LogP contribution in [0.1, 0.15) is 36.8 Å². The smallest absolute Gasteiger partial charge is 0.131 e. The van der Waals surface area contributed by atoms with Gasteiger partial charge in [-0.15, -0.1) is 0 Å². The largest absolute Gasteiger partial charge is 0.390 e. The van der Waals surface area contributed by atoms with Gasteiger partial charge in [-0.1, -0.05) is 32.0 Å². The molecule has 0 saturated carbocycles. The first-order chi connectivity index (χ1) is 10.0. The van der Waals surface area contributed by atoms with Crippen LogP contribution in [-0.2, 0) is 13.2 Å². The molecule has 112 valence electrons. The topological polar surface area (TPSA) is 49.2 Å². The normalized spacial score (nSPS) is 11.0. The fourth-order valence-corrected chi connectivity index (χ4v) is 2.11. The van der Waals surface area contributed by atoms with Crippen molar-refractivity contribution in [1.29, 1.82) is 0 Å². The predicted octanol–water partition coefficient (Wildman–Crippen LogP) is 2.87. The van der Waals surface area contributed by atoms with Crippen LogP contribution in [0.3, 0.4) is 0 Å². The molecule has 5 heteroatoms. The maximum absolute atomic E-state index is 13.7. The summed E-state index contributed by atoms with van der Waals surface area (Å²) in [7, 11) is 1.83. The lowest BCUT2D eigenvalue weighted by atomic mass is 10.1. The van der Waals surface area contributed by atoms with Crippen LogP contribution in [0.5, 0.6) is 0 Å². The van der Waals surface area contributed by atoms with Crippen molar-refractivity contribution in [2.24, 2.45) is 0 Å². The molecule has 1 N–H and O–H groups in total. The van der Waals surface area contributed by atoms with Crippen LogP contribution >= 0.6 is 0 Å². The summed E-state index contributed by atoms with van der Waals surface area (Å²) in [6.45, 7) is 4.22. The second-order valence-electron chi connectivity index (χ2n) is 5.32. The number of aliphatic hydroxyl groups excluding tert-OH is 1. The molecule has 4 nitrogen and oxygen atoms in total. The van der Waals surface area contributed by atoms with Crippen molar-refractivity contribution < 1.29 is 9.50 Å². The van der Waals surface area contributed by atoms with E-state index in [0.717, 1.165) is 0 Å². The predicted molar refractivity (Wildman–Crippen MR) is 80.6 cm³/mol. The maximum Gasteiger partial charge on any atom is 0.131 e. The molecule has 1 aromatic heterocycles. The van der Waals surface area contributed by atoms with Crippen LogP contribution in [0.25, 0.3) is 0 Å². The van der Waals surface area contributed by atoms with Gasteiger partial charge in [0.1, 0.15) is 11.6 Å². The van der Waals surface area contributed by atoms with Gasteiger partial charge in [0.2, 0.25) is 0 Å². The molecule has 0 saturated heterocycles. The van der Waals surface area contributed by atoms with E-state index in [-0.39, 0.29) is 18.3 Å². The summed E-state index contributed by atoms with van der Waals surface area (Å²) >= 11 is 0. The Bertz CT molecular complexity index is 616. The van der Waals surface area contributed by atoms with Crippen LogP contribution in [0.2, 0.25) is 0 Å². The number of benzene rings is 1. The number of hydrogen-bond donors (Lipinski definition) is 1. The van der Waals surface area contributed by atoms with Crippen LogP contribution < -0.4 is 4.90 Å². The third kappa shape index (κ3) is 3.55. The maximum atomic E-state index is 13.7. The highest BCUT2D eigenvalue weighted by molar-refractivity contribution is 5.48. The monoisotopic (exact) mass is 289 g/mol. The zero-order valence-corrected chi connectivity index (χ0v) is 12.5. The Balaban J connectivity index is 2.26. The fourth-order valence-electron chi connectivity index (χ4n) is 2.11. The number of aromatic nitrogens is 2. The van der Waals surface area contributed by atoms with Crippen molar-refractivity contribution in [1.82, 2.24) is 9.97 Å². The highest BCUT2D eigenvalue weighted by atomic mass is 19.1. The highest BCUT2D eigenvalue weighted by Crippen LogP contribution is 2.21. The van der Waals surface area contributed by atoms with E-state index in [1.165, 1.54) is 6.07 Å². The summed E-state index contributed by atoms with van der Waals surface area (Å²) in [5.41, 5.74) is 1.87. The summed E-state index contributed by atoms with van der Waals surface area (Å²) in [4.78, 5) is 10.5. The van der Waals surface area contributed by atoms with E-state index in [1.807, 2.05) is 25.8 Å². The third-order valence-electron chi connectivity index (χ3n) is 3.31. The molecule has 0 spiro atoms. The quantitative estimate of drug-likeness (QED) is 0.919. The van der Waals surface area contributed by atoms with Crippen molar-refractivity contribution in [3.63, 3.8) is 0 Å². The summed E-state index contributed by atoms with van der Waals surface area (Å²) in [5.74, 6) is 0.651. The number of aliphatic hydroxyl groups is 1. The van der Waals surface area contributed by atoms with Crippen molar-refractivity contribution in [3.05, 3.63) is 53.4 Å². The van der Waals surface area contributed by atoms with Crippen molar-refractivity contribution in [2.45, 2.75) is 32.9 Å². The Labute approximate surface area is 124 Å². The first-order valence-corrected chi connectivity index (χ1v) is 6.94. The SMILES string of the molecule is CC(C)c1ncc(N(C)Cc2ccccc2F)c(CO)n1. The first-order valence-electron chi connectivity index (χ1n) is 6.94. The van der Waals surface area contributed by atoms with E-state index >= 15 is 0 Å². The lowest BCUT2D eigenvalue weighted by molar-refractivity contribution is 0.276. The van der Waals surface area contributed by atoms with Crippen LogP contribution in [0.15, 0.2) is 30.5 Å². The molecule has 21 heavy (non-hydrogen) atoms. The molecule has 0 radical (unpaired) electrons. The molecule has 0 amide bonds. The Hall–Kier alpha value is -2.01. The minimum absolute atomic E-state index is 0.167. The molecule has 0 unspecified atom stereocenters. The van der Waals surface area contributed by atoms with Gasteiger partial charge >= 0.3 is 0 Å². The molecule has 2 aromatic rings. The molecule has 0 aliphatic heterocycles. The average molecular weight is 289 g/mol. The summed E-state index contributed by atoms with van der Waals surface area (Å²) < 4.78 is 13.7. The number of halogens is 1. The molecule has 1 heterocycles. The number of rotatable bonds is 5. The molecule has 0 atom stereocenters. The fraction of sp³-hybridized carbons (Fsp3) is 0.375. The van der Waals surface area contributed by atoms with Gasteiger partial charge in [-0.3, -0.25) is 0 Å². The van der Waals surface area contributed by atoms with Gasteiger partial charge in [-0.2, -0.15) is 0 Å². The Morgan fingerprint density at radius 2 is 2.00 bits per heavy atom. The molecule has 2 rings (SSSR count). The van der Waals surface area contributed by atoms with E-state index in [4.69, 9.17) is 0 Å². The lowest BCUT2D eigenvalue weighted by Gasteiger charge is -2.22. The van der Waals surface area contributed by atoms with Gasteiger partial charge in [0.15, 0.2) is 0 Å². The molecular formula is C16H20FN3O. The van der Waals surface area contributed by atoms with Gasteiger partial charge in [-0.25, -0.2) is 14.4 Å². The molecule has 0 aliphatic rings. The molecular weight excluding hydrogens is 269 g/mol. The van der Waals surface area contributed by atoms with Gasteiger partial charge in [0.25, 0.3) is 0 Å². The minimum Gasteiger partial charge on any atom is -0.390 e. The van der Waals surface area contributed by atoms with Crippen molar-refractivity contribution >= 4 is 5.69 Å². The van der Waals surface area contributed by atoms with Gasteiger partial charge in [-0.05, 0) is 6.07 Å². The number of nitrogens with zero attached hydrogens (tertiary/aromatic N) is 3. The second-order valence-corrected chi connectivity index (χ2v) is 5.32. The first kappa shape index (κ1) is 15.4.